The Balaban J connectivity index is 1.57. The Bertz CT molecular complexity index is 1290. The van der Waals surface area contributed by atoms with E-state index < -0.39 is 17.7 Å². The van der Waals surface area contributed by atoms with Crippen LogP contribution in [-0.4, -0.2) is 47.0 Å². The van der Waals surface area contributed by atoms with Gasteiger partial charge in [0.1, 0.15) is 5.75 Å². The third-order valence-electron chi connectivity index (χ3n) is 7.72. The molecule has 4 heteroatoms. The molecule has 2 N–H and O–H groups in total. The third-order valence-corrected chi connectivity index (χ3v) is 7.72. The molecule has 3 atom stereocenters. The largest absolute Gasteiger partial charge is 0.497 e. The summed E-state index contributed by atoms with van der Waals surface area (Å²) in [7, 11) is 1.66. The SMILES string of the molecule is COc1ccc(C[C@H]2[C@H](O)[C@H](O)CN2C2(c3ccccc3)c3ccccc3-c3ccccc32)cc1. The van der Waals surface area contributed by atoms with E-state index in [9.17, 15) is 10.2 Å². The van der Waals surface area contributed by atoms with Crippen molar-refractivity contribution in [1.29, 1.82) is 0 Å². The number of aliphatic hydroxyl groups is 2. The molecule has 0 saturated carbocycles. The van der Waals surface area contributed by atoms with Crippen molar-refractivity contribution in [2.24, 2.45) is 0 Å². The first-order valence-corrected chi connectivity index (χ1v) is 12.2. The fourth-order valence-electron chi connectivity index (χ4n) is 6.18. The average Bonchev–Trinajstić information content (AvgIpc) is 3.37. The van der Waals surface area contributed by atoms with Gasteiger partial charge in [0.25, 0.3) is 0 Å². The fourth-order valence-corrected chi connectivity index (χ4v) is 6.18. The predicted molar refractivity (Wildman–Crippen MR) is 137 cm³/mol. The minimum Gasteiger partial charge on any atom is -0.497 e. The van der Waals surface area contributed by atoms with E-state index in [0.29, 0.717) is 13.0 Å². The summed E-state index contributed by atoms with van der Waals surface area (Å²) in [6.45, 7) is 0.375. The van der Waals surface area contributed by atoms with Gasteiger partial charge in [-0.25, -0.2) is 0 Å². The van der Waals surface area contributed by atoms with Crippen LogP contribution in [0.25, 0.3) is 11.1 Å². The molecule has 1 fully saturated rings. The number of likely N-dealkylation sites (tertiary alicyclic amines) is 1. The van der Waals surface area contributed by atoms with E-state index in [0.717, 1.165) is 16.9 Å². The Hall–Kier alpha value is -3.44. The van der Waals surface area contributed by atoms with Crippen LogP contribution in [0.3, 0.4) is 0 Å². The highest BCUT2D eigenvalue weighted by Crippen LogP contribution is 2.56. The molecule has 1 heterocycles. The Morgan fingerprint density at radius 2 is 1.34 bits per heavy atom. The number of rotatable bonds is 5. The second kappa shape index (κ2) is 8.65. The fraction of sp³-hybridized carbons (Fsp3) is 0.226. The number of nitrogens with zero attached hydrogens (tertiary/aromatic N) is 1. The molecule has 4 aromatic rings. The Labute approximate surface area is 206 Å². The van der Waals surface area contributed by atoms with E-state index >= 15 is 0 Å². The van der Waals surface area contributed by atoms with Gasteiger partial charge < -0.3 is 14.9 Å². The zero-order valence-electron chi connectivity index (χ0n) is 19.7. The molecule has 0 spiro atoms. The summed E-state index contributed by atoms with van der Waals surface area (Å²) < 4.78 is 5.33. The van der Waals surface area contributed by atoms with Gasteiger partial charge in [-0.1, -0.05) is 91.0 Å². The molecule has 1 saturated heterocycles. The summed E-state index contributed by atoms with van der Waals surface area (Å²) in [4.78, 5) is 2.34. The molecule has 4 aromatic carbocycles. The summed E-state index contributed by atoms with van der Waals surface area (Å²) in [5.41, 5.74) is 6.39. The van der Waals surface area contributed by atoms with Crippen molar-refractivity contribution >= 4 is 0 Å². The van der Waals surface area contributed by atoms with E-state index in [-0.39, 0.29) is 6.04 Å². The van der Waals surface area contributed by atoms with Crippen LogP contribution in [0.1, 0.15) is 22.3 Å². The maximum atomic E-state index is 11.3. The van der Waals surface area contributed by atoms with Crippen LogP contribution < -0.4 is 4.74 Å². The van der Waals surface area contributed by atoms with Crippen molar-refractivity contribution in [2.75, 3.05) is 13.7 Å². The van der Waals surface area contributed by atoms with Crippen molar-refractivity contribution in [3.05, 3.63) is 125 Å². The molecular formula is C31H29NO3. The standard InChI is InChI=1S/C31H29NO3/c1-35-23-17-15-21(16-18-23)19-28-30(34)29(33)20-32(28)31(22-9-3-2-4-10-22)26-13-7-5-11-24(26)25-12-6-8-14-27(25)31/h2-18,28-30,33-34H,19-20H2,1H3/t28-,29+,30-/m0/s1. The van der Waals surface area contributed by atoms with Gasteiger partial charge in [-0.15, -0.1) is 0 Å². The zero-order chi connectivity index (χ0) is 24.0. The van der Waals surface area contributed by atoms with Crippen molar-refractivity contribution in [2.45, 2.75) is 30.2 Å². The van der Waals surface area contributed by atoms with Gasteiger partial charge in [-0.2, -0.15) is 0 Å². The Morgan fingerprint density at radius 1 is 0.771 bits per heavy atom. The summed E-state index contributed by atoms with van der Waals surface area (Å²) in [5, 5.41) is 22.3. The quantitative estimate of drug-likeness (QED) is 0.454. The number of benzene rings is 4. The second-order valence-electron chi connectivity index (χ2n) is 9.50. The van der Waals surface area contributed by atoms with Gasteiger partial charge in [0.2, 0.25) is 0 Å². The highest BCUT2D eigenvalue weighted by Gasteiger charge is 2.55. The molecule has 0 aromatic heterocycles. The van der Waals surface area contributed by atoms with Crippen molar-refractivity contribution in [1.82, 2.24) is 4.90 Å². The summed E-state index contributed by atoms with van der Waals surface area (Å²) in [6, 6.07) is 35.3. The van der Waals surface area contributed by atoms with Crippen LogP contribution in [0.15, 0.2) is 103 Å². The van der Waals surface area contributed by atoms with Gasteiger partial charge in [0.15, 0.2) is 0 Å². The van der Waals surface area contributed by atoms with Crippen molar-refractivity contribution < 1.29 is 14.9 Å². The topological polar surface area (TPSA) is 52.9 Å². The van der Waals surface area contributed by atoms with E-state index in [4.69, 9.17) is 4.74 Å². The number of fused-ring (bicyclic) bond motifs is 3. The molecule has 6 rings (SSSR count). The Morgan fingerprint density at radius 3 is 1.94 bits per heavy atom. The number of methoxy groups -OCH3 is 1. The molecular weight excluding hydrogens is 434 g/mol. The first kappa shape index (κ1) is 22.1. The highest BCUT2D eigenvalue weighted by atomic mass is 16.5. The molecule has 0 unspecified atom stereocenters. The maximum absolute atomic E-state index is 11.3. The van der Waals surface area contributed by atoms with Crippen LogP contribution >= 0.6 is 0 Å². The number of hydrogen-bond acceptors (Lipinski definition) is 4. The minimum atomic E-state index is -0.863. The molecule has 2 aliphatic rings. The third kappa shape index (κ3) is 3.33. The van der Waals surface area contributed by atoms with Gasteiger partial charge >= 0.3 is 0 Å². The molecule has 0 bridgehead atoms. The second-order valence-corrected chi connectivity index (χ2v) is 9.50. The van der Waals surface area contributed by atoms with Gasteiger partial charge in [0.05, 0.1) is 24.9 Å². The molecule has 176 valence electrons. The lowest BCUT2D eigenvalue weighted by Crippen LogP contribution is -2.51. The van der Waals surface area contributed by atoms with Gasteiger partial charge in [0, 0.05) is 12.6 Å². The average molecular weight is 464 g/mol. The predicted octanol–water partition coefficient (Wildman–Crippen LogP) is 4.62. The first-order chi connectivity index (χ1) is 17.1. The maximum Gasteiger partial charge on any atom is 0.118 e. The van der Waals surface area contributed by atoms with E-state index in [1.165, 1.54) is 22.3 Å². The molecule has 1 aliphatic carbocycles. The molecule has 4 nitrogen and oxygen atoms in total. The van der Waals surface area contributed by atoms with Crippen LogP contribution in [0.5, 0.6) is 5.75 Å². The molecule has 1 aliphatic heterocycles. The molecule has 0 amide bonds. The van der Waals surface area contributed by atoms with Gasteiger partial charge in [-0.05, 0) is 51.9 Å². The lowest BCUT2D eigenvalue weighted by molar-refractivity contribution is 0.0334. The number of ether oxygens (including phenoxy) is 1. The van der Waals surface area contributed by atoms with Crippen LogP contribution in [0.2, 0.25) is 0 Å². The highest BCUT2D eigenvalue weighted by molar-refractivity contribution is 5.83. The van der Waals surface area contributed by atoms with Crippen LogP contribution in [0.4, 0.5) is 0 Å². The minimum absolute atomic E-state index is 0.280. The van der Waals surface area contributed by atoms with E-state index in [1.807, 2.05) is 30.3 Å². The van der Waals surface area contributed by atoms with Crippen molar-refractivity contribution in [3.8, 4) is 16.9 Å². The van der Waals surface area contributed by atoms with Crippen molar-refractivity contribution in [3.63, 3.8) is 0 Å². The normalized spacial score (nSPS) is 22.5. The molecule has 35 heavy (non-hydrogen) atoms. The first-order valence-electron chi connectivity index (χ1n) is 12.2. The zero-order valence-corrected chi connectivity index (χ0v) is 19.7. The monoisotopic (exact) mass is 463 g/mol. The Kier molecular flexibility index (Phi) is 5.45. The number of β-amino-alcohol motifs (C(OH)–C–C–N with tert-alkyl or cyclic N) is 1. The smallest absolute Gasteiger partial charge is 0.118 e. The van der Waals surface area contributed by atoms with E-state index in [1.54, 1.807) is 7.11 Å². The van der Waals surface area contributed by atoms with Gasteiger partial charge in [-0.3, -0.25) is 4.90 Å². The summed E-state index contributed by atoms with van der Waals surface area (Å²) in [5.74, 6) is 0.803. The lowest BCUT2D eigenvalue weighted by Gasteiger charge is -2.45. The van der Waals surface area contributed by atoms with E-state index in [2.05, 4.69) is 77.7 Å². The summed E-state index contributed by atoms with van der Waals surface area (Å²) in [6.07, 6.45) is -1.09. The summed E-state index contributed by atoms with van der Waals surface area (Å²) >= 11 is 0. The van der Waals surface area contributed by atoms with Crippen LogP contribution in [0, 0.1) is 0 Å². The number of hydrogen-bond donors (Lipinski definition) is 2. The lowest BCUT2D eigenvalue weighted by atomic mass is 9.78. The van der Waals surface area contributed by atoms with Crippen LogP contribution in [-0.2, 0) is 12.0 Å². The molecule has 0 radical (unpaired) electrons. The number of aliphatic hydroxyl groups excluding tert-OH is 2.